The molecule has 1 amide bonds. The molecule has 3 rings (SSSR count). The van der Waals surface area contributed by atoms with Crippen molar-refractivity contribution in [2.45, 2.75) is 62.6 Å². The van der Waals surface area contributed by atoms with Crippen LogP contribution < -0.4 is 5.32 Å². The molecule has 2 saturated carbocycles. The first-order chi connectivity index (χ1) is 11.0. The highest BCUT2D eigenvalue weighted by molar-refractivity contribution is 5.79. The summed E-state index contributed by atoms with van der Waals surface area (Å²) in [6, 6.07) is -0.210. The lowest BCUT2D eigenvalue weighted by molar-refractivity contribution is -0.130. The SMILES string of the molecule is O=C(N[C@@H]1CC[C@@H](N2CCOCC2)[C@@H]1O)C1CCC(F)(F)CC1. The lowest BCUT2D eigenvalue weighted by atomic mass is 9.86. The van der Waals surface area contributed by atoms with Crippen molar-refractivity contribution in [2.24, 2.45) is 5.92 Å². The Morgan fingerprint density at radius 1 is 1.13 bits per heavy atom. The van der Waals surface area contributed by atoms with E-state index in [-0.39, 0.29) is 49.6 Å². The summed E-state index contributed by atoms with van der Waals surface area (Å²) < 4.78 is 31.7. The van der Waals surface area contributed by atoms with Gasteiger partial charge in [0, 0.05) is 37.9 Å². The third-order valence-electron chi connectivity index (χ3n) is 5.51. The van der Waals surface area contributed by atoms with E-state index in [2.05, 4.69) is 10.2 Å². The molecular formula is C16H26F2N2O3. The summed E-state index contributed by atoms with van der Waals surface area (Å²) in [7, 11) is 0. The average molecular weight is 332 g/mol. The molecule has 0 aromatic carbocycles. The topological polar surface area (TPSA) is 61.8 Å². The van der Waals surface area contributed by atoms with E-state index in [9.17, 15) is 18.7 Å². The third kappa shape index (κ3) is 4.00. The van der Waals surface area contributed by atoms with Gasteiger partial charge in [0.05, 0.1) is 25.4 Å². The van der Waals surface area contributed by atoms with E-state index in [0.717, 1.165) is 25.9 Å². The Bertz CT molecular complexity index is 420. The van der Waals surface area contributed by atoms with Crippen molar-refractivity contribution in [3.63, 3.8) is 0 Å². The van der Waals surface area contributed by atoms with E-state index in [4.69, 9.17) is 4.74 Å². The van der Waals surface area contributed by atoms with E-state index in [1.165, 1.54) is 0 Å². The molecule has 0 aromatic rings. The van der Waals surface area contributed by atoms with Crippen molar-refractivity contribution >= 4 is 5.91 Å². The molecule has 0 unspecified atom stereocenters. The van der Waals surface area contributed by atoms with Crippen molar-refractivity contribution < 1.29 is 23.4 Å². The van der Waals surface area contributed by atoms with E-state index >= 15 is 0 Å². The smallest absolute Gasteiger partial charge is 0.248 e. The largest absolute Gasteiger partial charge is 0.389 e. The Morgan fingerprint density at radius 2 is 1.78 bits per heavy atom. The number of carbonyl (C=O) groups excluding carboxylic acids is 1. The first kappa shape index (κ1) is 17.0. The van der Waals surface area contributed by atoms with Gasteiger partial charge < -0.3 is 15.2 Å². The Morgan fingerprint density at radius 3 is 2.43 bits per heavy atom. The quantitative estimate of drug-likeness (QED) is 0.814. The Kier molecular flexibility index (Phi) is 5.18. The molecule has 1 aliphatic heterocycles. The van der Waals surface area contributed by atoms with Crippen LogP contribution >= 0.6 is 0 Å². The highest BCUT2D eigenvalue weighted by atomic mass is 19.3. The van der Waals surface area contributed by atoms with Gasteiger partial charge in [-0.05, 0) is 25.7 Å². The number of aliphatic hydroxyl groups excluding tert-OH is 1. The van der Waals surface area contributed by atoms with Gasteiger partial charge in [0.25, 0.3) is 0 Å². The zero-order valence-electron chi connectivity index (χ0n) is 13.3. The molecule has 1 saturated heterocycles. The number of carbonyl (C=O) groups is 1. The fourth-order valence-electron chi connectivity index (χ4n) is 4.03. The van der Waals surface area contributed by atoms with Gasteiger partial charge in [0.2, 0.25) is 11.8 Å². The molecule has 132 valence electrons. The van der Waals surface area contributed by atoms with Crippen molar-refractivity contribution in [2.75, 3.05) is 26.3 Å². The normalized spacial score (nSPS) is 36.0. The van der Waals surface area contributed by atoms with Crippen LogP contribution in [-0.2, 0) is 9.53 Å². The van der Waals surface area contributed by atoms with Gasteiger partial charge in [-0.2, -0.15) is 0 Å². The summed E-state index contributed by atoms with van der Waals surface area (Å²) in [5.74, 6) is -3.14. The fourth-order valence-corrected chi connectivity index (χ4v) is 4.03. The van der Waals surface area contributed by atoms with E-state index in [0.29, 0.717) is 13.2 Å². The van der Waals surface area contributed by atoms with Crippen LogP contribution in [0.25, 0.3) is 0 Å². The van der Waals surface area contributed by atoms with Gasteiger partial charge in [-0.15, -0.1) is 0 Å². The number of hydrogen-bond acceptors (Lipinski definition) is 4. The first-order valence-electron chi connectivity index (χ1n) is 8.64. The van der Waals surface area contributed by atoms with Crippen LogP contribution in [0.15, 0.2) is 0 Å². The second kappa shape index (κ2) is 6.99. The van der Waals surface area contributed by atoms with E-state index in [1.807, 2.05) is 0 Å². The number of alkyl halides is 2. The molecule has 0 radical (unpaired) electrons. The van der Waals surface area contributed by atoms with Gasteiger partial charge >= 0.3 is 0 Å². The number of amides is 1. The zero-order valence-corrected chi connectivity index (χ0v) is 13.3. The number of morpholine rings is 1. The van der Waals surface area contributed by atoms with E-state index < -0.39 is 12.0 Å². The summed E-state index contributed by atoms with van der Waals surface area (Å²) in [4.78, 5) is 14.5. The van der Waals surface area contributed by atoms with Crippen LogP contribution in [0.5, 0.6) is 0 Å². The van der Waals surface area contributed by atoms with Crippen molar-refractivity contribution in [3.8, 4) is 0 Å². The van der Waals surface area contributed by atoms with Crippen LogP contribution in [0.4, 0.5) is 8.78 Å². The Labute approximate surface area is 135 Å². The molecule has 3 atom stereocenters. The predicted octanol–water partition coefficient (Wildman–Crippen LogP) is 1.15. The van der Waals surface area contributed by atoms with Crippen molar-refractivity contribution in [1.82, 2.24) is 10.2 Å². The van der Waals surface area contributed by atoms with Crippen LogP contribution in [0.1, 0.15) is 38.5 Å². The molecule has 2 N–H and O–H groups in total. The lowest BCUT2D eigenvalue weighted by Gasteiger charge is -2.35. The maximum absolute atomic E-state index is 13.2. The number of aliphatic hydroxyl groups is 1. The zero-order chi connectivity index (χ0) is 16.4. The molecular weight excluding hydrogens is 306 g/mol. The average Bonchev–Trinajstić information content (AvgIpc) is 2.89. The van der Waals surface area contributed by atoms with Gasteiger partial charge in [-0.25, -0.2) is 8.78 Å². The van der Waals surface area contributed by atoms with Crippen LogP contribution in [0.3, 0.4) is 0 Å². The summed E-state index contributed by atoms with van der Waals surface area (Å²) in [5.41, 5.74) is 0. The van der Waals surface area contributed by atoms with Crippen LogP contribution in [-0.4, -0.2) is 66.3 Å². The molecule has 1 heterocycles. The summed E-state index contributed by atoms with van der Waals surface area (Å²) >= 11 is 0. The second-order valence-corrected chi connectivity index (χ2v) is 7.03. The molecule has 0 bridgehead atoms. The summed E-state index contributed by atoms with van der Waals surface area (Å²) in [5, 5.41) is 13.4. The molecule has 3 aliphatic rings. The first-order valence-corrected chi connectivity index (χ1v) is 8.64. The maximum Gasteiger partial charge on any atom is 0.248 e. The molecule has 0 aromatic heterocycles. The highest BCUT2D eigenvalue weighted by Gasteiger charge is 2.42. The predicted molar refractivity (Wildman–Crippen MR) is 80.3 cm³/mol. The lowest BCUT2D eigenvalue weighted by Crippen LogP contribution is -2.52. The molecule has 3 fully saturated rings. The number of nitrogens with one attached hydrogen (secondary N) is 1. The highest BCUT2D eigenvalue weighted by Crippen LogP contribution is 2.36. The number of halogens is 2. The van der Waals surface area contributed by atoms with Gasteiger partial charge in [0.1, 0.15) is 0 Å². The molecule has 0 spiro atoms. The maximum atomic E-state index is 13.2. The van der Waals surface area contributed by atoms with Crippen molar-refractivity contribution in [1.29, 1.82) is 0 Å². The number of ether oxygens (including phenoxy) is 1. The van der Waals surface area contributed by atoms with Crippen LogP contribution in [0, 0.1) is 5.92 Å². The Hall–Kier alpha value is -0.790. The van der Waals surface area contributed by atoms with Gasteiger partial charge in [-0.3, -0.25) is 9.69 Å². The number of hydrogen-bond donors (Lipinski definition) is 2. The second-order valence-electron chi connectivity index (χ2n) is 7.03. The third-order valence-corrected chi connectivity index (χ3v) is 5.51. The van der Waals surface area contributed by atoms with E-state index in [1.54, 1.807) is 0 Å². The summed E-state index contributed by atoms with van der Waals surface area (Å²) in [6.07, 6.45) is 1.01. The standard InChI is InChI=1S/C16H26F2N2O3/c17-16(18)5-3-11(4-6-16)15(22)19-12-1-2-13(14(12)21)20-7-9-23-10-8-20/h11-14,21H,1-10H2,(H,19,22)/t12-,13-,14-/m1/s1. The molecule has 2 aliphatic carbocycles. The minimum Gasteiger partial charge on any atom is -0.389 e. The summed E-state index contributed by atoms with van der Waals surface area (Å²) in [6.45, 7) is 2.97. The number of nitrogens with zero attached hydrogens (tertiary/aromatic N) is 1. The van der Waals surface area contributed by atoms with Crippen LogP contribution in [0.2, 0.25) is 0 Å². The Balaban J connectivity index is 1.49. The molecule has 23 heavy (non-hydrogen) atoms. The van der Waals surface area contributed by atoms with Crippen molar-refractivity contribution in [3.05, 3.63) is 0 Å². The monoisotopic (exact) mass is 332 g/mol. The molecule has 7 heteroatoms. The van der Waals surface area contributed by atoms with Gasteiger partial charge in [-0.1, -0.05) is 0 Å². The minimum atomic E-state index is -2.62. The minimum absolute atomic E-state index is 0.0555. The fraction of sp³-hybridized carbons (Fsp3) is 0.938. The van der Waals surface area contributed by atoms with Gasteiger partial charge in [0.15, 0.2) is 0 Å². The molecule has 5 nitrogen and oxygen atoms in total. The number of rotatable bonds is 3.